The van der Waals surface area contributed by atoms with Crippen molar-refractivity contribution in [1.82, 2.24) is 0 Å². The maximum absolute atomic E-state index is 2.38. The average molecular weight is 566 g/mol. The Hall–Kier alpha value is -1.87. The molecule has 4 aromatic carbocycles. The van der Waals surface area contributed by atoms with E-state index in [-0.39, 0.29) is 17.1 Å². The van der Waals surface area contributed by atoms with E-state index in [2.05, 4.69) is 128 Å². The molecule has 2 aliphatic carbocycles. The average Bonchev–Trinajstić information content (AvgIpc) is 3.74. The second-order valence-corrected chi connectivity index (χ2v) is 13.3. The van der Waals surface area contributed by atoms with E-state index in [4.69, 9.17) is 0 Å². The van der Waals surface area contributed by atoms with Crippen LogP contribution in [0.4, 0.5) is 0 Å². The predicted octanol–water partition coefficient (Wildman–Crippen LogP) is 8.71. The summed E-state index contributed by atoms with van der Waals surface area (Å²) in [4.78, 5) is 0. The van der Waals surface area contributed by atoms with Gasteiger partial charge in [0.15, 0.2) is 0 Å². The van der Waals surface area contributed by atoms with Gasteiger partial charge in [0.05, 0.1) is 0 Å². The summed E-state index contributed by atoms with van der Waals surface area (Å²) in [5.74, 6) is 1.50. The third kappa shape index (κ3) is 5.98. The monoisotopic (exact) mass is 566 g/mol. The van der Waals surface area contributed by atoms with Crippen LogP contribution in [0.3, 0.4) is 0 Å². The van der Waals surface area contributed by atoms with Crippen LogP contribution in [0, 0.1) is 62.9 Å². The van der Waals surface area contributed by atoms with Crippen LogP contribution < -0.4 is 10.6 Å². The van der Waals surface area contributed by atoms with Crippen LogP contribution in [-0.4, -0.2) is 6.16 Å². The zero-order valence-electron chi connectivity index (χ0n) is 21.0. The molecule has 184 valence electrons. The first-order chi connectivity index (χ1) is 18.4. The Morgan fingerprint density at radius 1 is 0.474 bits per heavy atom. The smallest absolute Gasteiger partial charge is 0.100 e. The summed E-state index contributed by atoms with van der Waals surface area (Å²) in [6.07, 6.45) is 18.1. The van der Waals surface area contributed by atoms with Crippen LogP contribution in [-0.2, 0) is 17.1 Å². The summed E-state index contributed by atoms with van der Waals surface area (Å²) in [6, 6.07) is 40.1. The summed E-state index contributed by atoms with van der Waals surface area (Å²) in [7, 11) is -0.970. The first-order valence-electron chi connectivity index (χ1n) is 12.7. The molecular weight excluding hydrogens is 538 g/mol. The Labute approximate surface area is 241 Å². The molecule has 0 atom stereocenters. The first-order valence-corrected chi connectivity index (χ1v) is 15.5. The van der Waals surface area contributed by atoms with E-state index in [9.17, 15) is 0 Å². The van der Waals surface area contributed by atoms with Crippen LogP contribution in [0.25, 0.3) is 21.0 Å². The van der Waals surface area contributed by atoms with Crippen LogP contribution in [0.5, 0.6) is 0 Å². The zero-order chi connectivity index (χ0) is 24.9. The van der Waals surface area contributed by atoms with Crippen molar-refractivity contribution in [3.05, 3.63) is 172 Å². The maximum Gasteiger partial charge on any atom is 2.00 e. The molecule has 0 nitrogen and oxygen atoms in total. The van der Waals surface area contributed by atoms with E-state index in [0.29, 0.717) is 0 Å². The zero-order valence-corrected chi connectivity index (χ0v) is 23.9. The van der Waals surface area contributed by atoms with Crippen molar-refractivity contribution in [3.63, 3.8) is 0 Å². The molecule has 7 rings (SSSR count). The van der Waals surface area contributed by atoms with E-state index in [1.165, 1.54) is 43.2 Å². The van der Waals surface area contributed by atoms with Gasteiger partial charge in [-0.05, 0) is 86.8 Å². The summed E-state index contributed by atoms with van der Waals surface area (Å²) in [5, 5.41) is 8.71. The van der Waals surface area contributed by atoms with Gasteiger partial charge in [-0.2, -0.15) is 0 Å². The third-order valence-electron chi connectivity index (χ3n) is 6.72. The summed E-state index contributed by atoms with van der Waals surface area (Å²) < 4.78 is 0. The van der Waals surface area contributed by atoms with Gasteiger partial charge in [0.1, 0.15) is 0 Å². The molecule has 10 radical (unpaired) electrons. The van der Waals surface area contributed by atoms with E-state index in [1.807, 2.05) is 32.1 Å². The van der Waals surface area contributed by atoms with Gasteiger partial charge in [-0.15, -0.1) is 7.53 Å². The van der Waals surface area contributed by atoms with Crippen molar-refractivity contribution in [1.29, 1.82) is 0 Å². The molecule has 38 heavy (non-hydrogen) atoms. The molecule has 0 aliphatic heterocycles. The van der Waals surface area contributed by atoms with Gasteiger partial charge in [-0.1, -0.05) is 109 Å². The molecule has 0 bridgehead atoms. The second kappa shape index (κ2) is 13.5. The summed E-state index contributed by atoms with van der Waals surface area (Å²) in [5.41, 5.74) is 1.52. The second-order valence-electron chi connectivity index (χ2n) is 9.03. The van der Waals surface area contributed by atoms with Crippen molar-refractivity contribution >= 4 is 47.1 Å². The minimum absolute atomic E-state index is 0. The molecule has 5 aromatic rings. The normalized spacial score (nSPS) is 16.0. The van der Waals surface area contributed by atoms with E-state index >= 15 is 0 Å². The Kier molecular flexibility index (Phi) is 9.81. The number of benzene rings is 4. The van der Waals surface area contributed by atoms with Crippen molar-refractivity contribution in [3.8, 4) is 0 Å². The molecule has 0 amide bonds. The van der Waals surface area contributed by atoms with Gasteiger partial charge in [-0.3, -0.25) is 0 Å². The van der Waals surface area contributed by atoms with E-state index in [1.54, 1.807) is 0 Å². The van der Waals surface area contributed by atoms with Crippen LogP contribution in [0.1, 0.15) is 0 Å². The molecule has 2 saturated carbocycles. The summed E-state index contributed by atoms with van der Waals surface area (Å²) >= 11 is 0. The van der Waals surface area contributed by atoms with Crippen molar-refractivity contribution < 1.29 is 17.1 Å². The molecule has 0 unspecified atom stereocenters. The largest absolute Gasteiger partial charge is 2.00 e. The predicted molar refractivity (Wildman–Crippen MR) is 164 cm³/mol. The number of fused-ring (bicyclic) bond motifs is 3. The van der Waals surface area contributed by atoms with E-state index < -0.39 is 15.5 Å². The van der Waals surface area contributed by atoms with Gasteiger partial charge in [0.2, 0.25) is 0 Å². The fourth-order valence-corrected chi connectivity index (χ4v) is 10.3. The van der Waals surface area contributed by atoms with Gasteiger partial charge >= 0.3 is 17.1 Å². The van der Waals surface area contributed by atoms with Gasteiger partial charge in [0.25, 0.3) is 0 Å². The van der Waals surface area contributed by atoms with E-state index in [0.717, 1.165) is 6.16 Å². The molecule has 2 fully saturated rings. The molecule has 0 saturated heterocycles. The SMILES string of the molecule is [CH]1[CH][CH][CH][CH]1.[CH]1[CH][C](CP(c2ccccc2)c2ccccc2)[C](p2c3ccccc3c3ccccc32)[CH]1.[Fe+2]. The fraction of sp³-hybridized carbons (Fsp3) is 0.0286. The van der Waals surface area contributed by atoms with Crippen molar-refractivity contribution in [2.45, 2.75) is 0 Å². The molecule has 3 heteroatoms. The van der Waals surface area contributed by atoms with Gasteiger partial charge in [0, 0.05) is 21.8 Å². The van der Waals surface area contributed by atoms with Crippen LogP contribution in [0.15, 0.2) is 109 Å². The van der Waals surface area contributed by atoms with Gasteiger partial charge in [-0.25, -0.2) is 0 Å². The molecule has 0 N–H and O–H groups in total. The topological polar surface area (TPSA) is 0 Å². The summed E-state index contributed by atoms with van der Waals surface area (Å²) in [6.45, 7) is 0. The Morgan fingerprint density at radius 2 is 0.921 bits per heavy atom. The number of hydrogen-bond acceptors (Lipinski definition) is 0. The molecule has 1 heterocycles. The number of rotatable bonds is 5. The fourth-order valence-electron chi connectivity index (χ4n) is 5.02. The van der Waals surface area contributed by atoms with Crippen LogP contribution in [0.2, 0.25) is 0 Å². The maximum atomic E-state index is 2.38. The minimum Gasteiger partial charge on any atom is -0.100 e. The van der Waals surface area contributed by atoms with Gasteiger partial charge < -0.3 is 0 Å². The molecular formula is C35H28FeP2+2. The Morgan fingerprint density at radius 3 is 1.42 bits per heavy atom. The first kappa shape index (κ1) is 27.7. The minimum atomic E-state index is -0.514. The van der Waals surface area contributed by atoms with Crippen molar-refractivity contribution in [2.75, 3.05) is 6.16 Å². The molecule has 1 aromatic heterocycles. The Bertz CT molecular complexity index is 1320. The third-order valence-corrected chi connectivity index (χ3v) is 11.9. The molecule has 0 spiro atoms. The standard InChI is InChI=1S/C30H23P2.C5H5.Fe/c1-3-13-24(14-4-1)31(25-15-5-2-6-16-25)22-23-12-11-21-28(23)32-29-19-9-7-17-26(29)27-18-8-10-20-30(27)32;1-2-4-5-3-1;/h1-21H,22H2;1-5H;/q;;+2. The number of hydrogen-bond donors (Lipinski definition) is 0. The molecule has 2 aliphatic rings. The Balaban J connectivity index is 0.000000442. The van der Waals surface area contributed by atoms with Crippen molar-refractivity contribution in [2.24, 2.45) is 0 Å². The van der Waals surface area contributed by atoms with Crippen LogP contribution >= 0.6 is 15.5 Å². The quantitative estimate of drug-likeness (QED) is 0.148.